The van der Waals surface area contributed by atoms with Crippen molar-refractivity contribution in [1.29, 1.82) is 0 Å². The Kier molecular flexibility index (Phi) is 7.32. The van der Waals surface area contributed by atoms with E-state index in [1.807, 2.05) is 26.0 Å². The Balaban J connectivity index is 1.46. The summed E-state index contributed by atoms with van der Waals surface area (Å²) in [5.74, 6) is 2.48. The average molecular weight is 509 g/mol. The molecule has 36 heavy (non-hydrogen) atoms. The molecule has 0 amide bonds. The van der Waals surface area contributed by atoms with Crippen molar-refractivity contribution in [1.82, 2.24) is 20.0 Å². The second-order valence-corrected chi connectivity index (χ2v) is 9.99. The highest BCUT2D eigenvalue weighted by Gasteiger charge is 2.21. The maximum absolute atomic E-state index is 6.33. The highest BCUT2D eigenvalue weighted by Crippen LogP contribution is 2.32. The van der Waals surface area contributed by atoms with E-state index in [4.69, 9.17) is 30.6 Å². The van der Waals surface area contributed by atoms with Crippen LogP contribution in [0.1, 0.15) is 35.3 Å². The summed E-state index contributed by atoms with van der Waals surface area (Å²) < 4.78 is 16.3. The Morgan fingerprint density at radius 3 is 2.64 bits per heavy atom. The fourth-order valence-corrected chi connectivity index (χ4v) is 5.43. The van der Waals surface area contributed by atoms with Crippen molar-refractivity contribution in [3.05, 3.63) is 63.8 Å². The van der Waals surface area contributed by atoms with Crippen LogP contribution < -0.4 is 4.74 Å². The SMILES string of the molecule is COc1ccc(CCc2nc3cc(-c4c(C)noc4C)cc(C[C@H](C)N4CCOCC4)c3[nH]2)cc1Cl. The van der Waals surface area contributed by atoms with Gasteiger partial charge in [0.2, 0.25) is 0 Å². The first-order chi connectivity index (χ1) is 17.4. The van der Waals surface area contributed by atoms with E-state index in [1.54, 1.807) is 7.11 Å². The predicted octanol–water partition coefficient (Wildman–Crippen LogP) is 5.55. The number of ether oxygens (including phenoxy) is 2. The van der Waals surface area contributed by atoms with Gasteiger partial charge in [-0.05, 0) is 74.6 Å². The van der Waals surface area contributed by atoms with Gasteiger partial charge in [0.25, 0.3) is 0 Å². The molecule has 7 nitrogen and oxygen atoms in total. The molecule has 0 unspecified atom stereocenters. The molecule has 4 aromatic rings. The number of imidazole rings is 1. The Morgan fingerprint density at radius 1 is 1.14 bits per heavy atom. The summed E-state index contributed by atoms with van der Waals surface area (Å²) in [6, 6.07) is 10.8. The summed E-state index contributed by atoms with van der Waals surface area (Å²) in [6.45, 7) is 9.77. The molecule has 5 rings (SSSR count). The number of nitrogens with zero attached hydrogens (tertiary/aromatic N) is 3. The van der Waals surface area contributed by atoms with E-state index in [1.165, 1.54) is 5.56 Å². The van der Waals surface area contributed by atoms with E-state index in [0.717, 1.165) is 90.6 Å². The monoisotopic (exact) mass is 508 g/mol. The fourth-order valence-electron chi connectivity index (χ4n) is 5.15. The molecule has 0 saturated carbocycles. The smallest absolute Gasteiger partial charge is 0.141 e. The molecule has 1 atom stereocenters. The molecule has 1 saturated heterocycles. The first kappa shape index (κ1) is 24.8. The first-order valence-corrected chi connectivity index (χ1v) is 12.9. The van der Waals surface area contributed by atoms with Gasteiger partial charge < -0.3 is 19.0 Å². The molecule has 3 heterocycles. The van der Waals surface area contributed by atoms with Crippen LogP contribution in [0.2, 0.25) is 5.02 Å². The lowest BCUT2D eigenvalue weighted by Gasteiger charge is -2.32. The molecule has 1 N–H and O–H groups in total. The molecule has 1 aliphatic rings. The standard InChI is InChI=1S/C28H33ClN4O3/c1-17(33-9-11-35-12-10-33)13-22-15-21(27-18(2)32-36-19(27)3)16-24-28(22)31-26(30-24)8-6-20-5-7-25(34-4)23(29)14-20/h5,7,14-17H,6,8-13H2,1-4H3,(H,30,31)/t17-/m0/s1. The molecule has 1 fully saturated rings. The van der Waals surface area contributed by atoms with E-state index >= 15 is 0 Å². The maximum Gasteiger partial charge on any atom is 0.141 e. The van der Waals surface area contributed by atoms with E-state index < -0.39 is 0 Å². The van der Waals surface area contributed by atoms with Crippen LogP contribution in [-0.2, 0) is 24.0 Å². The van der Waals surface area contributed by atoms with E-state index in [9.17, 15) is 0 Å². The van der Waals surface area contributed by atoms with Gasteiger partial charge in [0.1, 0.15) is 17.3 Å². The summed E-state index contributed by atoms with van der Waals surface area (Å²) >= 11 is 6.33. The van der Waals surface area contributed by atoms with Crippen molar-refractivity contribution in [2.24, 2.45) is 0 Å². The van der Waals surface area contributed by atoms with Gasteiger partial charge in [-0.1, -0.05) is 22.8 Å². The lowest BCUT2D eigenvalue weighted by atomic mass is 9.97. The van der Waals surface area contributed by atoms with Gasteiger partial charge in [0, 0.05) is 31.1 Å². The number of methoxy groups -OCH3 is 1. The molecule has 0 radical (unpaired) electrons. The lowest BCUT2D eigenvalue weighted by molar-refractivity contribution is 0.0204. The zero-order valence-corrected chi connectivity index (χ0v) is 22.1. The number of rotatable bonds is 8. The highest BCUT2D eigenvalue weighted by molar-refractivity contribution is 6.32. The number of hydrogen-bond donors (Lipinski definition) is 1. The molecular formula is C28H33ClN4O3. The molecule has 2 aromatic heterocycles. The van der Waals surface area contributed by atoms with Crippen molar-refractivity contribution in [2.75, 3.05) is 33.4 Å². The zero-order chi connectivity index (χ0) is 25.2. The summed E-state index contributed by atoms with van der Waals surface area (Å²) in [7, 11) is 1.63. The van der Waals surface area contributed by atoms with Crippen molar-refractivity contribution in [2.45, 2.75) is 46.1 Å². The molecule has 0 bridgehead atoms. The second-order valence-electron chi connectivity index (χ2n) is 9.58. The van der Waals surface area contributed by atoms with Crippen LogP contribution in [-0.4, -0.2) is 59.5 Å². The minimum atomic E-state index is 0.394. The van der Waals surface area contributed by atoms with Crippen molar-refractivity contribution < 1.29 is 14.0 Å². The number of nitrogens with one attached hydrogen (secondary N) is 1. The van der Waals surface area contributed by atoms with Crippen LogP contribution in [0.4, 0.5) is 0 Å². The number of aromatic amines is 1. The van der Waals surface area contributed by atoms with Crippen LogP contribution in [0.15, 0.2) is 34.9 Å². The Hall–Kier alpha value is -2.87. The van der Waals surface area contributed by atoms with Crippen LogP contribution >= 0.6 is 11.6 Å². The fraction of sp³-hybridized carbons (Fsp3) is 0.429. The number of H-pyrrole nitrogens is 1. The van der Waals surface area contributed by atoms with Crippen LogP contribution in [0, 0.1) is 13.8 Å². The third-order valence-corrected chi connectivity index (χ3v) is 7.39. The number of aryl methyl sites for hydroxylation is 4. The van der Waals surface area contributed by atoms with Crippen LogP contribution in [0.3, 0.4) is 0 Å². The topological polar surface area (TPSA) is 76.4 Å². The van der Waals surface area contributed by atoms with Crippen molar-refractivity contribution >= 4 is 22.6 Å². The Bertz CT molecular complexity index is 1340. The van der Waals surface area contributed by atoms with Crippen molar-refractivity contribution in [3.8, 4) is 16.9 Å². The largest absolute Gasteiger partial charge is 0.495 e. The van der Waals surface area contributed by atoms with Gasteiger partial charge in [-0.15, -0.1) is 0 Å². The highest BCUT2D eigenvalue weighted by atomic mass is 35.5. The predicted molar refractivity (Wildman–Crippen MR) is 142 cm³/mol. The van der Waals surface area contributed by atoms with Gasteiger partial charge in [0.15, 0.2) is 0 Å². The Labute approximate surface area is 216 Å². The summed E-state index contributed by atoms with van der Waals surface area (Å²) in [4.78, 5) is 11.1. The molecule has 2 aromatic carbocycles. The molecule has 1 aliphatic heterocycles. The number of hydrogen-bond acceptors (Lipinski definition) is 6. The van der Waals surface area contributed by atoms with E-state index in [2.05, 4.69) is 40.2 Å². The zero-order valence-electron chi connectivity index (χ0n) is 21.4. The number of morpholine rings is 1. The maximum atomic E-state index is 6.33. The van der Waals surface area contributed by atoms with Gasteiger partial charge in [-0.3, -0.25) is 4.90 Å². The van der Waals surface area contributed by atoms with Crippen LogP contribution in [0.5, 0.6) is 5.75 Å². The van der Waals surface area contributed by atoms with Gasteiger partial charge >= 0.3 is 0 Å². The van der Waals surface area contributed by atoms with E-state index in [-0.39, 0.29) is 0 Å². The summed E-state index contributed by atoms with van der Waals surface area (Å²) in [5, 5.41) is 4.81. The minimum absolute atomic E-state index is 0.394. The third kappa shape index (κ3) is 5.14. The lowest BCUT2D eigenvalue weighted by Crippen LogP contribution is -2.43. The van der Waals surface area contributed by atoms with Crippen LogP contribution in [0.25, 0.3) is 22.2 Å². The molecule has 190 valence electrons. The summed E-state index contributed by atoms with van der Waals surface area (Å²) in [5.41, 5.74) is 7.53. The van der Waals surface area contributed by atoms with Gasteiger partial charge in [0.05, 0.1) is 42.1 Å². The second kappa shape index (κ2) is 10.6. The number of benzene rings is 2. The molecule has 8 heteroatoms. The quantitative estimate of drug-likeness (QED) is 0.336. The number of halogens is 1. The Morgan fingerprint density at radius 2 is 1.94 bits per heavy atom. The van der Waals surface area contributed by atoms with E-state index in [0.29, 0.717) is 16.8 Å². The first-order valence-electron chi connectivity index (χ1n) is 12.5. The number of fused-ring (bicyclic) bond motifs is 1. The minimum Gasteiger partial charge on any atom is -0.495 e. The van der Waals surface area contributed by atoms with Crippen molar-refractivity contribution in [3.63, 3.8) is 0 Å². The molecule has 0 aliphatic carbocycles. The normalized spacial score (nSPS) is 15.5. The molecular weight excluding hydrogens is 476 g/mol. The van der Waals surface area contributed by atoms with Gasteiger partial charge in [-0.2, -0.15) is 0 Å². The van der Waals surface area contributed by atoms with Gasteiger partial charge in [-0.25, -0.2) is 4.98 Å². The molecule has 0 spiro atoms. The third-order valence-electron chi connectivity index (χ3n) is 7.10. The average Bonchev–Trinajstić information content (AvgIpc) is 3.45. The summed E-state index contributed by atoms with van der Waals surface area (Å²) in [6.07, 6.45) is 2.54. The number of aromatic nitrogens is 3.